The zero-order chi connectivity index (χ0) is 10.3. The van der Waals surface area contributed by atoms with Crippen molar-refractivity contribution in [2.45, 2.75) is 19.9 Å². The number of carbonyl (C=O) groups excluding carboxylic acids is 1. The summed E-state index contributed by atoms with van der Waals surface area (Å²) in [4.78, 5) is 11.1. The molecular weight excluding hydrogens is 211 g/mol. The van der Waals surface area contributed by atoms with Crippen molar-refractivity contribution in [1.82, 2.24) is 10.6 Å². The fourth-order valence-electron chi connectivity index (χ4n) is 0.707. The van der Waals surface area contributed by atoms with E-state index in [-0.39, 0.29) is 18.5 Å². The number of hydrogen-bond acceptors (Lipinski definition) is 2. The first-order chi connectivity index (χ1) is 6.06. The smallest absolute Gasteiger partial charge is 0.234 e. The minimum Gasteiger partial charge on any atom is -0.353 e. The van der Waals surface area contributed by atoms with Gasteiger partial charge < -0.3 is 10.6 Å². The Morgan fingerprint density at radius 3 is 2.54 bits per heavy atom. The van der Waals surface area contributed by atoms with E-state index in [2.05, 4.69) is 10.6 Å². The Kier molecular flexibility index (Phi) is 7.04. The molecule has 0 aromatic heterocycles. The van der Waals surface area contributed by atoms with Gasteiger partial charge in [-0.2, -0.15) is 0 Å². The van der Waals surface area contributed by atoms with E-state index >= 15 is 0 Å². The molecule has 0 saturated heterocycles. The largest absolute Gasteiger partial charge is 0.353 e. The maximum absolute atomic E-state index is 11.1. The molecule has 0 unspecified atom stereocenters. The topological polar surface area (TPSA) is 41.1 Å². The summed E-state index contributed by atoms with van der Waals surface area (Å²) in [6, 6.07) is 0.161. The summed E-state index contributed by atoms with van der Waals surface area (Å²) in [6.07, 6.45) is 0. The van der Waals surface area contributed by atoms with Crippen molar-refractivity contribution in [1.29, 1.82) is 0 Å². The third-order valence-electron chi connectivity index (χ3n) is 1.15. The van der Waals surface area contributed by atoms with E-state index in [4.69, 9.17) is 23.2 Å². The molecule has 0 radical (unpaired) electrons. The van der Waals surface area contributed by atoms with Gasteiger partial charge in [-0.3, -0.25) is 4.79 Å². The average Bonchev–Trinajstić information content (AvgIpc) is 2.02. The third kappa shape index (κ3) is 8.09. The monoisotopic (exact) mass is 224 g/mol. The van der Waals surface area contributed by atoms with Gasteiger partial charge in [0.05, 0.1) is 6.54 Å². The summed E-state index contributed by atoms with van der Waals surface area (Å²) in [7, 11) is 0. The standard InChI is InChI=1S/C8H14Cl2N2O/c1-6(2)12-8(13)5-11-4-7(10)3-9/h3,6,11H,4-5H2,1-2H3,(H,12,13). The van der Waals surface area contributed by atoms with E-state index in [1.807, 2.05) is 13.8 Å². The van der Waals surface area contributed by atoms with Crippen LogP contribution in [-0.2, 0) is 4.79 Å². The molecule has 0 aromatic carbocycles. The molecule has 0 bridgehead atoms. The van der Waals surface area contributed by atoms with Gasteiger partial charge in [-0.05, 0) is 13.8 Å². The van der Waals surface area contributed by atoms with Crippen LogP contribution in [0.2, 0.25) is 0 Å². The van der Waals surface area contributed by atoms with Crippen LogP contribution in [0.25, 0.3) is 0 Å². The second-order valence-corrected chi connectivity index (χ2v) is 3.59. The summed E-state index contributed by atoms with van der Waals surface area (Å²) < 4.78 is 0. The zero-order valence-electron chi connectivity index (χ0n) is 7.73. The lowest BCUT2D eigenvalue weighted by atomic mass is 10.4. The first kappa shape index (κ1) is 12.8. The normalized spacial score (nSPS) is 11.9. The number of rotatable bonds is 5. The Labute approximate surface area is 88.5 Å². The van der Waals surface area contributed by atoms with Crippen LogP contribution < -0.4 is 10.6 Å². The van der Waals surface area contributed by atoms with E-state index in [0.29, 0.717) is 11.6 Å². The molecule has 76 valence electrons. The van der Waals surface area contributed by atoms with Gasteiger partial charge in [-0.15, -0.1) is 0 Å². The predicted octanol–water partition coefficient (Wildman–Crippen LogP) is 1.42. The van der Waals surface area contributed by atoms with Crippen molar-refractivity contribution in [3.05, 3.63) is 10.6 Å². The quantitative estimate of drug-likeness (QED) is 0.742. The minimum atomic E-state index is -0.0472. The Hall–Kier alpha value is -0.250. The number of nitrogens with one attached hydrogen (secondary N) is 2. The number of hydrogen-bond donors (Lipinski definition) is 2. The molecular formula is C8H14Cl2N2O. The van der Waals surface area contributed by atoms with Crippen molar-refractivity contribution in [3.8, 4) is 0 Å². The van der Waals surface area contributed by atoms with Crippen LogP contribution in [0.4, 0.5) is 0 Å². The molecule has 0 atom stereocenters. The Balaban J connectivity index is 3.48. The zero-order valence-corrected chi connectivity index (χ0v) is 9.24. The first-order valence-electron chi connectivity index (χ1n) is 4.01. The van der Waals surface area contributed by atoms with E-state index in [1.165, 1.54) is 5.54 Å². The summed E-state index contributed by atoms with van der Waals surface area (Å²) in [5.41, 5.74) is 1.27. The van der Waals surface area contributed by atoms with Crippen molar-refractivity contribution in [2.75, 3.05) is 13.1 Å². The second-order valence-electron chi connectivity index (χ2n) is 2.88. The third-order valence-corrected chi connectivity index (χ3v) is 1.77. The number of halogens is 2. The number of amides is 1. The van der Waals surface area contributed by atoms with E-state index in [1.54, 1.807) is 0 Å². The van der Waals surface area contributed by atoms with Gasteiger partial charge in [0.15, 0.2) is 0 Å². The molecule has 0 aromatic rings. The van der Waals surface area contributed by atoms with Gasteiger partial charge in [-0.1, -0.05) is 23.2 Å². The van der Waals surface area contributed by atoms with E-state index < -0.39 is 0 Å². The Morgan fingerprint density at radius 2 is 2.08 bits per heavy atom. The van der Waals surface area contributed by atoms with Crippen molar-refractivity contribution < 1.29 is 4.79 Å². The van der Waals surface area contributed by atoms with Gasteiger partial charge in [0.25, 0.3) is 0 Å². The molecule has 5 heteroatoms. The molecule has 0 aliphatic carbocycles. The van der Waals surface area contributed by atoms with Crippen molar-refractivity contribution >= 4 is 29.1 Å². The van der Waals surface area contributed by atoms with Gasteiger partial charge in [0.1, 0.15) is 0 Å². The molecule has 2 N–H and O–H groups in total. The molecule has 0 saturated carbocycles. The molecule has 0 aliphatic rings. The van der Waals surface area contributed by atoms with E-state index in [0.717, 1.165) is 0 Å². The molecule has 0 fully saturated rings. The van der Waals surface area contributed by atoms with Crippen LogP contribution in [0.5, 0.6) is 0 Å². The Bertz CT molecular complexity index is 193. The van der Waals surface area contributed by atoms with E-state index in [9.17, 15) is 4.79 Å². The molecule has 0 rings (SSSR count). The van der Waals surface area contributed by atoms with Gasteiger partial charge in [0.2, 0.25) is 5.91 Å². The van der Waals surface area contributed by atoms with Gasteiger partial charge in [0, 0.05) is 23.2 Å². The molecule has 1 amide bonds. The molecule has 0 aliphatic heterocycles. The fraction of sp³-hybridized carbons (Fsp3) is 0.625. The van der Waals surface area contributed by atoms with Gasteiger partial charge in [-0.25, -0.2) is 0 Å². The lowest BCUT2D eigenvalue weighted by molar-refractivity contribution is -0.120. The van der Waals surface area contributed by atoms with Crippen LogP contribution in [-0.4, -0.2) is 25.0 Å². The average molecular weight is 225 g/mol. The summed E-state index contributed by atoms with van der Waals surface area (Å²) in [5.74, 6) is -0.0472. The maximum Gasteiger partial charge on any atom is 0.234 e. The summed E-state index contributed by atoms with van der Waals surface area (Å²) >= 11 is 10.9. The van der Waals surface area contributed by atoms with Crippen LogP contribution in [0.1, 0.15) is 13.8 Å². The fourth-order valence-corrected chi connectivity index (χ4v) is 0.879. The molecule has 0 spiro atoms. The summed E-state index contributed by atoms with van der Waals surface area (Å²) in [6.45, 7) is 4.47. The second kappa shape index (κ2) is 7.18. The van der Waals surface area contributed by atoms with Crippen LogP contribution in [0, 0.1) is 0 Å². The highest BCUT2D eigenvalue weighted by Gasteiger charge is 2.01. The van der Waals surface area contributed by atoms with Gasteiger partial charge >= 0.3 is 0 Å². The highest BCUT2D eigenvalue weighted by atomic mass is 35.5. The SMILES string of the molecule is CC(C)NC(=O)CNCC(Cl)=CCl. The minimum absolute atomic E-state index is 0.0472. The molecule has 0 heterocycles. The molecule has 13 heavy (non-hydrogen) atoms. The predicted molar refractivity (Wildman–Crippen MR) is 55.9 cm³/mol. The Morgan fingerprint density at radius 1 is 1.46 bits per heavy atom. The highest BCUT2D eigenvalue weighted by Crippen LogP contribution is 1.99. The van der Waals surface area contributed by atoms with Crippen LogP contribution >= 0.6 is 23.2 Å². The summed E-state index contributed by atoms with van der Waals surface area (Å²) in [5, 5.41) is 6.07. The maximum atomic E-state index is 11.1. The lowest BCUT2D eigenvalue weighted by Crippen LogP contribution is -2.37. The highest BCUT2D eigenvalue weighted by molar-refractivity contribution is 6.36. The lowest BCUT2D eigenvalue weighted by Gasteiger charge is -2.08. The van der Waals surface area contributed by atoms with Crippen molar-refractivity contribution in [3.63, 3.8) is 0 Å². The van der Waals surface area contributed by atoms with Crippen LogP contribution in [0.15, 0.2) is 10.6 Å². The van der Waals surface area contributed by atoms with Crippen molar-refractivity contribution in [2.24, 2.45) is 0 Å². The number of carbonyl (C=O) groups is 1. The first-order valence-corrected chi connectivity index (χ1v) is 4.82. The van der Waals surface area contributed by atoms with Crippen LogP contribution in [0.3, 0.4) is 0 Å². The molecule has 3 nitrogen and oxygen atoms in total.